The second-order valence-corrected chi connectivity index (χ2v) is 8.70. The maximum Gasteiger partial charge on any atom is 0.410 e. The minimum Gasteiger partial charge on any atom is -0.444 e. The molecule has 1 fully saturated rings. The van der Waals surface area contributed by atoms with Crippen LogP contribution in [0.2, 0.25) is 10.0 Å². The van der Waals surface area contributed by atoms with Gasteiger partial charge >= 0.3 is 6.09 Å². The third-order valence-electron chi connectivity index (χ3n) is 3.63. The zero-order valence-corrected chi connectivity index (χ0v) is 16.1. The van der Waals surface area contributed by atoms with E-state index in [9.17, 15) is 4.79 Å². The highest BCUT2D eigenvalue weighted by Crippen LogP contribution is 2.33. The molecule has 1 aromatic rings. The number of likely N-dealkylation sites (tertiary alicyclic amines) is 1. The number of carbonyl (C=O) groups is 1. The third kappa shape index (κ3) is 6.09. The summed E-state index contributed by atoms with van der Waals surface area (Å²) >= 11 is 13.9. The van der Waals surface area contributed by atoms with E-state index in [-0.39, 0.29) is 6.09 Å². The zero-order valence-electron chi connectivity index (χ0n) is 13.8. The monoisotopic (exact) mass is 375 g/mol. The van der Waals surface area contributed by atoms with Gasteiger partial charge in [-0.15, -0.1) is 11.8 Å². The molecule has 0 aliphatic carbocycles. The molecule has 3 nitrogen and oxygen atoms in total. The molecule has 1 saturated heterocycles. The van der Waals surface area contributed by atoms with Gasteiger partial charge in [0.25, 0.3) is 0 Å². The van der Waals surface area contributed by atoms with Crippen LogP contribution in [0.4, 0.5) is 4.79 Å². The summed E-state index contributed by atoms with van der Waals surface area (Å²) in [6.07, 6.45) is 1.79. The summed E-state index contributed by atoms with van der Waals surface area (Å²) in [4.78, 5) is 14.9. The SMILES string of the molecule is CC(C)(C)OC(=O)N1CCC(CSc2ccc(Cl)cc2Cl)CC1. The van der Waals surface area contributed by atoms with Crippen LogP contribution in [-0.4, -0.2) is 35.4 Å². The van der Waals surface area contributed by atoms with Crippen molar-refractivity contribution < 1.29 is 9.53 Å². The Balaban J connectivity index is 1.77. The molecular formula is C17H23Cl2NO2S. The molecule has 1 heterocycles. The lowest BCUT2D eigenvalue weighted by Crippen LogP contribution is -2.42. The van der Waals surface area contributed by atoms with Crippen molar-refractivity contribution in [3.05, 3.63) is 28.2 Å². The van der Waals surface area contributed by atoms with Gasteiger partial charge < -0.3 is 9.64 Å². The number of nitrogens with zero attached hydrogens (tertiary/aromatic N) is 1. The Labute approximate surface area is 152 Å². The smallest absolute Gasteiger partial charge is 0.410 e. The van der Waals surface area contributed by atoms with E-state index in [4.69, 9.17) is 27.9 Å². The lowest BCUT2D eigenvalue weighted by molar-refractivity contribution is 0.0191. The fourth-order valence-electron chi connectivity index (χ4n) is 2.41. The number of carbonyl (C=O) groups excluding carboxylic acids is 1. The van der Waals surface area contributed by atoms with Gasteiger partial charge in [0.05, 0.1) is 5.02 Å². The van der Waals surface area contributed by atoms with Gasteiger partial charge in [0.2, 0.25) is 0 Å². The first kappa shape index (κ1) is 18.8. The van der Waals surface area contributed by atoms with Crippen LogP contribution < -0.4 is 0 Å². The van der Waals surface area contributed by atoms with Crippen LogP contribution in [0.5, 0.6) is 0 Å². The highest BCUT2D eigenvalue weighted by atomic mass is 35.5. The van der Waals surface area contributed by atoms with Crippen LogP contribution in [0.15, 0.2) is 23.1 Å². The number of rotatable bonds is 3. The summed E-state index contributed by atoms with van der Waals surface area (Å²) in [7, 11) is 0. The van der Waals surface area contributed by atoms with Crippen molar-refractivity contribution in [2.45, 2.75) is 44.1 Å². The lowest BCUT2D eigenvalue weighted by Gasteiger charge is -2.33. The van der Waals surface area contributed by atoms with Gasteiger partial charge in [-0.1, -0.05) is 23.2 Å². The minimum absolute atomic E-state index is 0.204. The maximum atomic E-state index is 12.0. The largest absolute Gasteiger partial charge is 0.444 e. The summed E-state index contributed by atoms with van der Waals surface area (Å²) in [6, 6.07) is 5.60. The number of halogens is 2. The van der Waals surface area contributed by atoms with Gasteiger partial charge in [0, 0.05) is 28.8 Å². The van der Waals surface area contributed by atoms with Gasteiger partial charge in [-0.05, 0) is 57.7 Å². The first-order valence-corrected chi connectivity index (χ1v) is 9.54. The van der Waals surface area contributed by atoms with Gasteiger partial charge in [-0.3, -0.25) is 0 Å². The number of hydrogen-bond acceptors (Lipinski definition) is 3. The Hall–Kier alpha value is -0.580. The predicted molar refractivity (Wildman–Crippen MR) is 97.7 cm³/mol. The summed E-state index contributed by atoms with van der Waals surface area (Å²) < 4.78 is 5.42. The second kappa shape index (κ2) is 8.00. The van der Waals surface area contributed by atoms with E-state index < -0.39 is 5.60 Å². The van der Waals surface area contributed by atoms with Crippen molar-refractivity contribution in [3.8, 4) is 0 Å². The van der Waals surface area contributed by atoms with Gasteiger partial charge in [0.1, 0.15) is 5.60 Å². The number of benzene rings is 1. The highest BCUT2D eigenvalue weighted by Gasteiger charge is 2.26. The standard InChI is InChI=1S/C17H23Cl2NO2S/c1-17(2,3)22-16(21)20-8-6-12(7-9-20)11-23-15-5-4-13(18)10-14(15)19/h4-5,10,12H,6-9,11H2,1-3H3. The minimum atomic E-state index is -0.435. The molecule has 1 aromatic carbocycles. The van der Waals surface area contributed by atoms with E-state index in [1.165, 1.54) is 0 Å². The first-order valence-electron chi connectivity index (χ1n) is 7.80. The van der Waals surface area contributed by atoms with Crippen molar-refractivity contribution in [2.24, 2.45) is 5.92 Å². The van der Waals surface area contributed by atoms with E-state index in [1.54, 1.807) is 17.8 Å². The number of piperidine rings is 1. The molecule has 1 amide bonds. The first-order chi connectivity index (χ1) is 10.7. The van der Waals surface area contributed by atoms with Crippen molar-refractivity contribution in [2.75, 3.05) is 18.8 Å². The molecule has 0 aromatic heterocycles. The highest BCUT2D eigenvalue weighted by molar-refractivity contribution is 7.99. The Bertz CT molecular complexity index is 552. The Morgan fingerprint density at radius 1 is 1.30 bits per heavy atom. The summed E-state index contributed by atoms with van der Waals surface area (Å²) in [5, 5.41) is 1.36. The van der Waals surface area contributed by atoms with Crippen molar-refractivity contribution in [1.29, 1.82) is 0 Å². The van der Waals surface area contributed by atoms with Crippen molar-refractivity contribution >= 4 is 41.1 Å². The molecule has 1 aliphatic heterocycles. The van der Waals surface area contributed by atoms with Crippen molar-refractivity contribution in [3.63, 3.8) is 0 Å². The van der Waals surface area contributed by atoms with Gasteiger partial charge in [-0.2, -0.15) is 0 Å². The van der Waals surface area contributed by atoms with Crippen LogP contribution in [0.3, 0.4) is 0 Å². The second-order valence-electron chi connectivity index (χ2n) is 6.80. The fraction of sp³-hybridized carbons (Fsp3) is 0.588. The molecule has 0 N–H and O–H groups in total. The van der Waals surface area contributed by atoms with Crippen molar-refractivity contribution in [1.82, 2.24) is 4.90 Å². The fourth-order valence-corrected chi connectivity index (χ4v) is 4.09. The number of ether oxygens (including phenoxy) is 1. The molecule has 0 unspecified atom stereocenters. The van der Waals surface area contributed by atoms with E-state index in [2.05, 4.69) is 0 Å². The molecule has 128 valence electrons. The van der Waals surface area contributed by atoms with E-state index in [1.807, 2.05) is 37.8 Å². The lowest BCUT2D eigenvalue weighted by atomic mass is 9.99. The molecule has 0 spiro atoms. The molecule has 1 aliphatic rings. The molecule has 0 radical (unpaired) electrons. The predicted octanol–water partition coefficient (Wildman–Crippen LogP) is 5.73. The average Bonchev–Trinajstić information content (AvgIpc) is 2.45. The summed E-state index contributed by atoms with van der Waals surface area (Å²) in [6.45, 7) is 7.20. The Morgan fingerprint density at radius 2 is 1.96 bits per heavy atom. The number of hydrogen-bond donors (Lipinski definition) is 0. The zero-order chi connectivity index (χ0) is 17.0. The topological polar surface area (TPSA) is 29.5 Å². The van der Waals surface area contributed by atoms with Crippen LogP contribution in [0.25, 0.3) is 0 Å². The maximum absolute atomic E-state index is 12.0. The quantitative estimate of drug-likeness (QED) is 0.631. The van der Waals surface area contributed by atoms with Crippen LogP contribution in [0, 0.1) is 5.92 Å². The average molecular weight is 376 g/mol. The number of thioether (sulfide) groups is 1. The third-order valence-corrected chi connectivity index (χ3v) is 5.60. The van der Waals surface area contributed by atoms with Gasteiger partial charge in [0.15, 0.2) is 0 Å². The summed E-state index contributed by atoms with van der Waals surface area (Å²) in [5.41, 5.74) is -0.435. The molecule has 0 atom stereocenters. The molecule has 6 heteroatoms. The molecule has 0 bridgehead atoms. The number of amides is 1. The normalized spacial score (nSPS) is 16.5. The van der Waals surface area contributed by atoms with Crippen LogP contribution in [-0.2, 0) is 4.74 Å². The van der Waals surface area contributed by atoms with Crippen LogP contribution in [0.1, 0.15) is 33.6 Å². The van der Waals surface area contributed by atoms with Gasteiger partial charge in [-0.25, -0.2) is 4.79 Å². The van der Waals surface area contributed by atoms with Crippen LogP contribution >= 0.6 is 35.0 Å². The summed E-state index contributed by atoms with van der Waals surface area (Å²) in [5.74, 6) is 1.59. The Kier molecular flexibility index (Phi) is 6.52. The molecule has 0 saturated carbocycles. The molecular weight excluding hydrogens is 353 g/mol. The van der Waals surface area contributed by atoms with E-state index in [0.29, 0.717) is 16.0 Å². The van der Waals surface area contributed by atoms with E-state index >= 15 is 0 Å². The molecule has 2 rings (SSSR count). The van der Waals surface area contributed by atoms with E-state index in [0.717, 1.165) is 36.6 Å². The molecule has 23 heavy (non-hydrogen) atoms. The Morgan fingerprint density at radius 3 is 2.52 bits per heavy atom.